The van der Waals surface area contributed by atoms with Gasteiger partial charge in [-0.05, 0) is 36.8 Å². The molecule has 0 aromatic heterocycles. The summed E-state index contributed by atoms with van der Waals surface area (Å²) < 4.78 is 26.4. The van der Waals surface area contributed by atoms with E-state index < -0.39 is 23.6 Å². The van der Waals surface area contributed by atoms with Crippen LogP contribution in [0.3, 0.4) is 0 Å². The molecule has 0 bridgehead atoms. The summed E-state index contributed by atoms with van der Waals surface area (Å²) in [6, 6.07) is 11.6. The Morgan fingerprint density at radius 2 is 2.00 bits per heavy atom. The second kappa shape index (κ2) is 7.31. The molecule has 0 aliphatic heterocycles. The minimum atomic E-state index is -0.926. The summed E-state index contributed by atoms with van der Waals surface area (Å²) in [4.78, 5) is 16.8. The zero-order valence-electron chi connectivity index (χ0n) is 11.8. The number of carbonyl (C=O) groups is 1. The van der Waals surface area contributed by atoms with Crippen LogP contribution in [0.4, 0.5) is 14.5 Å². The van der Waals surface area contributed by atoms with Crippen molar-refractivity contribution in [3.05, 3.63) is 65.7 Å². The number of hydrogen-bond acceptors (Lipinski definition) is 3. The number of para-hydroxylation sites is 1. The maximum atomic E-state index is 13.4. The van der Waals surface area contributed by atoms with Crippen LogP contribution in [0, 0.1) is 11.6 Å². The second-order valence-electron chi connectivity index (χ2n) is 4.51. The first-order chi connectivity index (χ1) is 10.6. The minimum absolute atomic E-state index is 0.0667. The molecule has 0 radical (unpaired) electrons. The van der Waals surface area contributed by atoms with Gasteiger partial charge in [0.2, 0.25) is 6.10 Å². The first kappa shape index (κ1) is 15.6. The van der Waals surface area contributed by atoms with E-state index in [9.17, 15) is 13.6 Å². The first-order valence-electron chi connectivity index (χ1n) is 6.56. The summed E-state index contributed by atoms with van der Waals surface area (Å²) in [6.07, 6.45) is 0.361. The van der Waals surface area contributed by atoms with E-state index in [0.29, 0.717) is 5.56 Å². The van der Waals surface area contributed by atoms with Crippen LogP contribution in [0.1, 0.15) is 12.5 Å². The molecule has 0 fully saturated rings. The topological polar surface area (TPSA) is 50.7 Å². The number of nitrogens with one attached hydrogen (secondary N) is 1. The zero-order valence-corrected chi connectivity index (χ0v) is 11.8. The maximum Gasteiger partial charge on any atom is 0.268 e. The molecule has 1 atom stereocenters. The average Bonchev–Trinajstić information content (AvgIpc) is 2.49. The molecule has 0 saturated heterocycles. The molecule has 1 N–H and O–H groups in total. The van der Waals surface area contributed by atoms with Crippen molar-refractivity contribution in [3.63, 3.8) is 0 Å². The van der Waals surface area contributed by atoms with Crippen molar-refractivity contribution in [2.24, 2.45) is 5.16 Å². The molecule has 0 aliphatic carbocycles. The van der Waals surface area contributed by atoms with Crippen LogP contribution >= 0.6 is 0 Å². The SMILES string of the molecule is C[C@H](O/N=C\c1cccc(F)c1)C(=O)Nc1ccccc1F. The van der Waals surface area contributed by atoms with Gasteiger partial charge in [-0.1, -0.05) is 29.4 Å². The number of carbonyl (C=O) groups excluding carboxylic acids is 1. The van der Waals surface area contributed by atoms with Crippen LogP contribution in [0.25, 0.3) is 0 Å². The van der Waals surface area contributed by atoms with Gasteiger partial charge in [-0.25, -0.2) is 8.78 Å². The van der Waals surface area contributed by atoms with Crippen LogP contribution < -0.4 is 5.32 Å². The summed E-state index contributed by atoms with van der Waals surface area (Å²) in [5, 5.41) is 6.02. The van der Waals surface area contributed by atoms with Crippen molar-refractivity contribution in [1.29, 1.82) is 0 Å². The quantitative estimate of drug-likeness (QED) is 0.680. The van der Waals surface area contributed by atoms with Crippen molar-refractivity contribution < 1.29 is 18.4 Å². The lowest BCUT2D eigenvalue weighted by Crippen LogP contribution is -2.26. The fourth-order valence-corrected chi connectivity index (χ4v) is 1.61. The van der Waals surface area contributed by atoms with Crippen molar-refractivity contribution in [2.45, 2.75) is 13.0 Å². The van der Waals surface area contributed by atoms with Crippen molar-refractivity contribution in [3.8, 4) is 0 Å². The number of rotatable bonds is 5. The fraction of sp³-hybridized carbons (Fsp3) is 0.125. The Bertz CT molecular complexity index is 689. The molecule has 0 heterocycles. The van der Waals surface area contributed by atoms with E-state index in [4.69, 9.17) is 4.84 Å². The molecule has 4 nitrogen and oxygen atoms in total. The summed E-state index contributed by atoms with van der Waals surface area (Å²) in [7, 11) is 0. The summed E-state index contributed by atoms with van der Waals surface area (Å²) in [5.74, 6) is -1.47. The summed E-state index contributed by atoms with van der Waals surface area (Å²) in [6.45, 7) is 1.47. The fourth-order valence-electron chi connectivity index (χ4n) is 1.61. The molecule has 0 saturated carbocycles. The van der Waals surface area contributed by atoms with Gasteiger partial charge in [0, 0.05) is 0 Å². The minimum Gasteiger partial charge on any atom is -0.383 e. The van der Waals surface area contributed by atoms with E-state index >= 15 is 0 Å². The molecule has 2 aromatic carbocycles. The highest BCUT2D eigenvalue weighted by molar-refractivity contribution is 5.94. The molecular weight excluding hydrogens is 290 g/mol. The molecule has 2 aromatic rings. The first-order valence-corrected chi connectivity index (χ1v) is 6.56. The highest BCUT2D eigenvalue weighted by Gasteiger charge is 2.15. The molecule has 1 amide bonds. The zero-order chi connectivity index (χ0) is 15.9. The summed E-state index contributed by atoms with van der Waals surface area (Å²) in [5.41, 5.74) is 0.568. The predicted octanol–water partition coefficient (Wildman–Crippen LogP) is 3.34. The highest BCUT2D eigenvalue weighted by Crippen LogP contribution is 2.13. The van der Waals surface area contributed by atoms with E-state index in [1.807, 2.05) is 0 Å². The normalized spacial score (nSPS) is 12.1. The van der Waals surface area contributed by atoms with Crippen molar-refractivity contribution >= 4 is 17.8 Å². The van der Waals surface area contributed by atoms with Gasteiger partial charge in [0.25, 0.3) is 5.91 Å². The lowest BCUT2D eigenvalue weighted by Gasteiger charge is -2.10. The molecule has 2 rings (SSSR count). The van der Waals surface area contributed by atoms with E-state index in [-0.39, 0.29) is 5.69 Å². The molecule has 0 unspecified atom stereocenters. The van der Waals surface area contributed by atoms with E-state index in [2.05, 4.69) is 10.5 Å². The number of benzene rings is 2. The lowest BCUT2D eigenvalue weighted by atomic mass is 10.2. The van der Waals surface area contributed by atoms with Gasteiger partial charge in [-0.15, -0.1) is 0 Å². The number of nitrogens with zero attached hydrogens (tertiary/aromatic N) is 1. The number of hydrogen-bond donors (Lipinski definition) is 1. The van der Waals surface area contributed by atoms with Crippen LogP contribution in [0.2, 0.25) is 0 Å². The van der Waals surface area contributed by atoms with Gasteiger partial charge in [-0.3, -0.25) is 4.79 Å². The average molecular weight is 304 g/mol. The monoisotopic (exact) mass is 304 g/mol. The maximum absolute atomic E-state index is 13.4. The molecule has 0 aliphatic rings. The Balaban J connectivity index is 1.90. The highest BCUT2D eigenvalue weighted by atomic mass is 19.1. The van der Waals surface area contributed by atoms with Gasteiger partial charge < -0.3 is 10.2 Å². The van der Waals surface area contributed by atoms with Crippen LogP contribution in [0.15, 0.2) is 53.7 Å². The van der Waals surface area contributed by atoms with Gasteiger partial charge in [0.1, 0.15) is 11.6 Å². The number of anilines is 1. The molecule has 22 heavy (non-hydrogen) atoms. The smallest absolute Gasteiger partial charge is 0.268 e. The Labute approximate surface area is 126 Å². The van der Waals surface area contributed by atoms with E-state index in [1.165, 1.54) is 49.5 Å². The molecular formula is C16H14F2N2O2. The van der Waals surface area contributed by atoms with Gasteiger partial charge in [-0.2, -0.15) is 0 Å². The molecule has 0 spiro atoms. The van der Waals surface area contributed by atoms with E-state index in [0.717, 1.165) is 0 Å². The third-order valence-electron chi connectivity index (χ3n) is 2.77. The van der Waals surface area contributed by atoms with Gasteiger partial charge in [0.05, 0.1) is 11.9 Å². The van der Waals surface area contributed by atoms with Crippen LogP contribution in [-0.2, 0) is 9.63 Å². The lowest BCUT2D eigenvalue weighted by molar-refractivity contribution is -0.126. The molecule has 114 valence electrons. The Hall–Kier alpha value is -2.76. The third-order valence-corrected chi connectivity index (χ3v) is 2.77. The number of amides is 1. The second-order valence-corrected chi connectivity index (χ2v) is 4.51. The molecule has 6 heteroatoms. The Morgan fingerprint density at radius 3 is 2.73 bits per heavy atom. The van der Waals surface area contributed by atoms with Crippen molar-refractivity contribution in [2.75, 3.05) is 5.32 Å². The predicted molar refractivity (Wildman–Crippen MR) is 79.6 cm³/mol. The summed E-state index contributed by atoms with van der Waals surface area (Å²) >= 11 is 0. The standard InChI is InChI=1S/C16H14F2N2O2/c1-11(16(21)20-15-8-3-2-7-14(15)18)22-19-10-12-5-4-6-13(17)9-12/h2-11H,1H3,(H,20,21)/b19-10-/t11-/m0/s1. The number of oxime groups is 1. The van der Waals surface area contributed by atoms with Gasteiger partial charge in [0.15, 0.2) is 0 Å². The van der Waals surface area contributed by atoms with Crippen molar-refractivity contribution in [1.82, 2.24) is 0 Å². The largest absolute Gasteiger partial charge is 0.383 e. The Morgan fingerprint density at radius 1 is 1.23 bits per heavy atom. The van der Waals surface area contributed by atoms with Crippen LogP contribution in [-0.4, -0.2) is 18.2 Å². The number of halogens is 2. The van der Waals surface area contributed by atoms with Gasteiger partial charge >= 0.3 is 0 Å². The van der Waals surface area contributed by atoms with E-state index in [1.54, 1.807) is 12.1 Å². The third kappa shape index (κ3) is 4.37. The van der Waals surface area contributed by atoms with Crippen LogP contribution in [0.5, 0.6) is 0 Å². The Kier molecular flexibility index (Phi) is 5.19.